The van der Waals surface area contributed by atoms with Gasteiger partial charge in [0.05, 0.1) is 0 Å². The van der Waals surface area contributed by atoms with Gasteiger partial charge in [-0.05, 0) is 43.6 Å². The van der Waals surface area contributed by atoms with Gasteiger partial charge in [-0.25, -0.2) is 0 Å². The predicted molar refractivity (Wildman–Crippen MR) is 97.3 cm³/mol. The summed E-state index contributed by atoms with van der Waals surface area (Å²) < 4.78 is 0. The van der Waals surface area contributed by atoms with E-state index < -0.39 is 0 Å². The Bertz CT molecular complexity index is 537. The van der Waals surface area contributed by atoms with Crippen LogP contribution in [0.4, 0.5) is 0 Å². The maximum atomic E-state index is 2.52. The predicted octanol–water partition coefficient (Wildman–Crippen LogP) is 3.97. The molecular formula is C19H26N2S. The smallest absolute Gasteiger partial charge is 0.0237 e. The highest BCUT2D eigenvalue weighted by atomic mass is 32.2. The van der Waals surface area contributed by atoms with Crippen LogP contribution in [-0.2, 0) is 13.1 Å². The summed E-state index contributed by atoms with van der Waals surface area (Å²) in [5, 5.41) is 0. The van der Waals surface area contributed by atoms with Crippen molar-refractivity contribution >= 4 is 11.8 Å². The van der Waals surface area contributed by atoms with E-state index in [1.54, 1.807) is 11.8 Å². The van der Waals surface area contributed by atoms with Crippen LogP contribution in [0.3, 0.4) is 0 Å². The number of rotatable bonds is 8. The molecule has 0 aliphatic heterocycles. The fourth-order valence-corrected chi connectivity index (χ4v) is 2.79. The molecule has 0 saturated heterocycles. The van der Waals surface area contributed by atoms with Gasteiger partial charge < -0.3 is 4.90 Å². The minimum atomic E-state index is 0.997. The van der Waals surface area contributed by atoms with Crippen LogP contribution in [0.2, 0.25) is 0 Å². The molecule has 0 spiro atoms. The van der Waals surface area contributed by atoms with Gasteiger partial charge in [0.25, 0.3) is 0 Å². The zero-order chi connectivity index (χ0) is 15.8. The largest absolute Gasteiger partial charge is 0.308 e. The zero-order valence-electron chi connectivity index (χ0n) is 13.8. The molecule has 0 aliphatic rings. The highest BCUT2D eigenvalue weighted by Gasteiger charge is 2.08. The number of likely N-dealkylation sites (N-methyl/N-ethyl adjacent to an activating group) is 1. The van der Waals surface area contributed by atoms with Crippen molar-refractivity contribution in [1.29, 1.82) is 0 Å². The molecule has 0 atom stereocenters. The van der Waals surface area contributed by atoms with E-state index in [0.717, 1.165) is 26.2 Å². The van der Waals surface area contributed by atoms with Gasteiger partial charge in [-0.3, -0.25) is 4.90 Å². The lowest BCUT2D eigenvalue weighted by Crippen LogP contribution is -2.31. The summed E-state index contributed by atoms with van der Waals surface area (Å²) in [5.41, 5.74) is 2.76. The van der Waals surface area contributed by atoms with Gasteiger partial charge in [0.2, 0.25) is 0 Å². The first-order valence-electron chi connectivity index (χ1n) is 7.71. The highest BCUT2D eigenvalue weighted by molar-refractivity contribution is 7.98. The molecule has 22 heavy (non-hydrogen) atoms. The first-order chi connectivity index (χ1) is 10.7. The van der Waals surface area contributed by atoms with E-state index in [4.69, 9.17) is 0 Å². The fourth-order valence-electron chi connectivity index (χ4n) is 2.39. The highest BCUT2D eigenvalue weighted by Crippen LogP contribution is 2.16. The van der Waals surface area contributed by atoms with E-state index in [1.165, 1.54) is 16.0 Å². The first kappa shape index (κ1) is 17.1. The molecule has 0 saturated carbocycles. The van der Waals surface area contributed by atoms with E-state index in [1.807, 2.05) is 0 Å². The van der Waals surface area contributed by atoms with Crippen LogP contribution in [-0.4, -0.2) is 43.2 Å². The number of nitrogens with zero attached hydrogens (tertiary/aromatic N) is 2. The van der Waals surface area contributed by atoms with E-state index in [9.17, 15) is 0 Å². The van der Waals surface area contributed by atoms with Crippen molar-refractivity contribution in [2.45, 2.75) is 18.0 Å². The molecule has 2 aromatic rings. The summed E-state index contributed by atoms with van der Waals surface area (Å²) in [4.78, 5) is 6.09. The average molecular weight is 314 g/mol. The van der Waals surface area contributed by atoms with Gasteiger partial charge in [0.1, 0.15) is 0 Å². The molecule has 0 aliphatic carbocycles. The van der Waals surface area contributed by atoms with Crippen molar-refractivity contribution < 1.29 is 0 Å². The molecule has 2 rings (SSSR count). The summed E-state index contributed by atoms with van der Waals surface area (Å²) in [5.74, 6) is 0. The summed E-state index contributed by atoms with van der Waals surface area (Å²) in [7, 11) is 4.27. The second-order valence-corrected chi connectivity index (χ2v) is 6.73. The molecule has 2 aromatic carbocycles. The normalized spacial score (nSPS) is 11.3. The third-order valence-electron chi connectivity index (χ3n) is 3.68. The third-order valence-corrected chi connectivity index (χ3v) is 4.42. The monoisotopic (exact) mass is 314 g/mol. The van der Waals surface area contributed by atoms with E-state index in [-0.39, 0.29) is 0 Å². The molecule has 3 heteroatoms. The minimum Gasteiger partial charge on any atom is -0.308 e. The summed E-state index contributed by atoms with van der Waals surface area (Å²) >= 11 is 1.79. The van der Waals surface area contributed by atoms with Crippen molar-refractivity contribution in [3.8, 4) is 0 Å². The second-order valence-electron chi connectivity index (χ2n) is 5.85. The van der Waals surface area contributed by atoms with Gasteiger partial charge in [-0.1, -0.05) is 42.5 Å². The average Bonchev–Trinajstić information content (AvgIpc) is 2.54. The van der Waals surface area contributed by atoms with Crippen molar-refractivity contribution in [2.75, 3.05) is 33.4 Å². The van der Waals surface area contributed by atoms with Crippen molar-refractivity contribution in [3.05, 3.63) is 65.7 Å². The van der Waals surface area contributed by atoms with Crippen molar-refractivity contribution in [2.24, 2.45) is 0 Å². The number of hydrogen-bond donors (Lipinski definition) is 0. The summed E-state index contributed by atoms with van der Waals surface area (Å²) in [6.45, 7) is 4.15. The van der Waals surface area contributed by atoms with Crippen LogP contribution in [0, 0.1) is 0 Å². The Morgan fingerprint density at radius 2 is 1.36 bits per heavy atom. The molecule has 0 N–H and O–H groups in total. The molecule has 0 aromatic heterocycles. The van der Waals surface area contributed by atoms with Crippen LogP contribution in [0.1, 0.15) is 11.1 Å². The maximum absolute atomic E-state index is 2.52. The Hall–Kier alpha value is -1.29. The van der Waals surface area contributed by atoms with Crippen molar-refractivity contribution in [3.63, 3.8) is 0 Å². The zero-order valence-corrected chi connectivity index (χ0v) is 14.6. The van der Waals surface area contributed by atoms with E-state index in [0.29, 0.717) is 0 Å². The second kappa shape index (κ2) is 8.99. The molecule has 0 bridgehead atoms. The quantitative estimate of drug-likeness (QED) is 0.681. The van der Waals surface area contributed by atoms with E-state index in [2.05, 4.69) is 84.7 Å². The van der Waals surface area contributed by atoms with Gasteiger partial charge in [-0.2, -0.15) is 0 Å². The van der Waals surface area contributed by atoms with Gasteiger partial charge in [0.15, 0.2) is 0 Å². The summed E-state index contributed by atoms with van der Waals surface area (Å²) in [6, 6.07) is 19.7. The van der Waals surface area contributed by atoms with Crippen molar-refractivity contribution in [1.82, 2.24) is 9.80 Å². The molecular weight excluding hydrogens is 288 g/mol. The Labute approximate surface area is 139 Å². The van der Waals surface area contributed by atoms with Crippen LogP contribution in [0.25, 0.3) is 0 Å². The molecule has 118 valence electrons. The Morgan fingerprint density at radius 1 is 0.773 bits per heavy atom. The first-order valence-corrected chi connectivity index (χ1v) is 8.94. The topological polar surface area (TPSA) is 6.48 Å². The lowest BCUT2D eigenvalue weighted by Gasteiger charge is -2.24. The molecule has 0 radical (unpaired) electrons. The van der Waals surface area contributed by atoms with E-state index >= 15 is 0 Å². The van der Waals surface area contributed by atoms with Crippen LogP contribution < -0.4 is 0 Å². The fraction of sp³-hybridized carbons (Fsp3) is 0.368. The molecule has 0 amide bonds. The SMILES string of the molecule is CSc1ccc(CN(CCN(C)C)Cc2ccccc2)cc1. The Morgan fingerprint density at radius 3 is 1.91 bits per heavy atom. The number of benzene rings is 2. The van der Waals surface area contributed by atoms with Gasteiger partial charge >= 0.3 is 0 Å². The lowest BCUT2D eigenvalue weighted by molar-refractivity contribution is 0.226. The summed E-state index contributed by atoms with van der Waals surface area (Å²) in [6.07, 6.45) is 2.12. The molecule has 0 heterocycles. The molecule has 0 unspecified atom stereocenters. The minimum absolute atomic E-state index is 0.997. The van der Waals surface area contributed by atoms with Crippen LogP contribution >= 0.6 is 11.8 Å². The number of hydrogen-bond acceptors (Lipinski definition) is 3. The lowest BCUT2D eigenvalue weighted by atomic mass is 10.1. The Balaban J connectivity index is 2.02. The number of thioether (sulfide) groups is 1. The van der Waals surface area contributed by atoms with Crippen LogP contribution in [0.5, 0.6) is 0 Å². The Kier molecular flexibility index (Phi) is 6.97. The third kappa shape index (κ3) is 5.84. The van der Waals surface area contributed by atoms with Gasteiger partial charge in [0, 0.05) is 31.1 Å². The standard InChI is InChI=1S/C19H26N2S/c1-20(2)13-14-21(15-17-7-5-4-6-8-17)16-18-9-11-19(22-3)12-10-18/h4-12H,13-16H2,1-3H3. The van der Waals surface area contributed by atoms with Gasteiger partial charge in [-0.15, -0.1) is 11.8 Å². The van der Waals surface area contributed by atoms with Crippen LogP contribution in [0.15, 0.2) is 59.5 Å². The molecule has 0 fully saturated rings. The maximum Gasteiger partial charge on any atom is 0.0237 e. The molecule has 2 nitrogen and oxygen atoms in total.